The summed E-state index contributed by atoms with van der Waals surface area (Å²) in [7, 11) is 3.35. The number of benzene rings is 1. The Hall–Kier alpha value is -3.81. The zero-order valence-corrected chi connectivity index (χ0v) is 19.5. The number of aromatic nitrogens is 5. The second-order valence-electron chi connectivity index (χ2n) is 8.24. The Kier molecular flexibility index (Phi) is 6.35. The molecule has 0 saturated carbocycles. The Morgan fingerprint density at radius 1 is 1.09 bits per heavy atom. The van der Waals surface area contributed by atoms with Crippen LogP contribution in [0.5, 0.6) is 11.8 Å². The van der Waals surface area contributed by atoms with Gasteiger partial charge in [-0.2, -0.15) is 10.1 Å². The lowest BCUT2D eigenvalue weighted by molar-refractivity contribution is -0.121. The van der Waals surface area contributed by atoms with Crippen LogP contribution in [0.1, 0.15) is 36.0 Å². The second-order valence-corrected chi connectivity index (χ2v) is 8.24. The fourth-order valence-corrected chi connectivity index (χ4v) is 3.78. The van der Waals surface area contributed by atoms with Crippen molar-refractivity contribution in [3.05, 3.63) is 59.4 Å². The molecule has 33 heavy (non-hydrogen) atoms. The lowest BCUT2D eigenvalue weighted by Gasteiger charge is -2.12. The standard InChI is InChI=1S/C25H27N5O3/c1-15-6-8-18(9-7-15)16(2)10-19(31)14-33-21-11-17(3)23-24(29-30(4)25(23)28-21)20-12-26-13-22(27-20)32-5/h6-9,11-13,16H,10,14H2,1-5H3/t16-/m1/s1. The van der Waals surface area contributed by atoms with Crippen LogP contribution >= 0.6 is 0 Å². The van der Waals surface area contributed by atoms with Crippen LogP contribution in [0.25, 0.3) is 22.4 Å². The van der Waals surface area contributed by atoms with Crippen molar-refractivity contribution < 1.29 is 14.3 Å². The summed E-state index contributed by atoms with van der Waals surface area (Å²) in [6.45, 7) is 6.03. The van der Waals surface area contributed by atoms with Crippen LogP contribution in [0.4, 0.5) is 0 Å². The van der Waals surface area contributed by atoms with Crippen LogP contribution in [-0.4, -0.2) is 44.2 Å². The van der Waals surface area contributed by atoms with Gasteiger partial charge in [0.2, 0.25) is 11.8 Å². The van der Waals surface area contributed by atoms with Crippen molar-refractivity contribution in [2.24, 2.45) is 7.05 Å². The first kappa shape index (κ1) is 22.4. The van der Waals surface area contributed by atoms with Crippen LogP contribution in [0, 0.1) is 13.8 Å². The van der Waals surface area contributed by atoms with Crippen LogP contribution in [0.2, 0.25) is 0 Å². The molecule has 0 bridgehead atoms. The Labute approximate surface area is 192 Å². The predicted octanol–water partition coefficient (Wildman–Crippen LogP) is 4.19. The molecule has 8 nitrogen and oxygen atoms in total. The van der Waals surface area contributed by atoms with E-state index in [2.05, 4.69) is 58.2 Å². The van der Waals surface area contributed by atoms with Crippen LogP contribution in [0.3, 0.4) is 0 Å². The molecular formula is C25H27N5O3. The molecule has 0 aliphatic rings. The number of ketones is 1. The second kappa shape index (κ2) is 9.36. The largest absolute Gasteiger partial charge is 0.480 e. The number of rotatable bonds is 8. The first-order valence-electron chi connectivity index (χ1n) is 10.8. The van der Waals surface area contributed by atoms with E-state index in [0.29, 0.717) is 35.2 Å². The number of nitrogens with zero attached hydrogens (tertiary/aromatic N) is 5. The average Bonchev–Trinajstić information content (AvgIpc) is 3.15. The Morgan fingerprint density at radius 3 is 2.58 bits per heavy atom. The van der Waals surface area contributed by atoms with E-state index in [4.69, 9.17) is 9.47 Å². The summed E-state index contributed by atoms with van der Waals surface area (Å²) in [5.74, 6) is 0.959. The van der Waals surface area contributed by atoms with Crippen molar-refractivity contribution >= 4 is 16.8 Å². The van der Waals surface area contributed by atoms with Crippen molar-refractivity contribution in [3.63, 3.8) is 0 Å². The van der Waals surface area contributed by atoms with E-state index in [1.54, 1.807) is 24.2 Å². The van der Waals surface area contributed by atoms with Gasteiger partial charge >= 0.3 is 0 Å². The number of Topliss-reactive ketones (excluding diaryl/α,β-unsaturated/α-hetero) is 1. The first-order chi connectivity index (χ1) is 15.9. The van der Waals surface area contributed by atoms with Gasteiger partial charge in [-0.25, -0.2) is 9.67 Å². The molecule has 0 aliphatic carbocycles. The van der Waals surface area contributed by atoms with Gasteiger partial charge in [0.15, 0.2) is 11.4 Å². The van der Waals surface area contributed by atoms with Crippen LogP contribution in [-0.2, 0) is 11.8 Å². The number of hydrogen-bond acceptors (Lipinski definition) is 7. The van der Waals surface area contributed by atoms with Crippen LogP contribution < -0.4 is 9.47 Å². The minimum absolute atomic E-state index is 0.0276. The van der Waals surface area contributed by atoms with E-state index in [1.165, 1.54) is 5.56 Å². The molecule has 0 spiro atoms. The maximum Gasteiger partial charge on any atom is 0.232 e. The normalized spacial score (nSPS) is 12.0. The molecule has 0 radical (unpaired) electrons. The fourth-order valence-electron chi connectivity index (χ4n) is 3.78. The molecule has 0 saturated heterocycles. The van der Waals surface area contributed by atoms with E-state index in [1.807, 2.05) is 20.0 Å². The molecule has 0 fully saturated rings. The zero-order chi connectivity index (χ0) is 23.5. The number of hydrogen-bond donors (Lipinski definition) is 0. The van der Waals surface area contributed by atoms with Gasteiger partial charge in [-0.1, -0.05) is 36.8 Å². The van der Waals surface area contributed by atoms with Gasteiger partial charge in [0.1, 0.15) is 18.0 Å². The Balaban J connectivity index is 1.50. The zero-order valence-electron chi connectivity index (χ0n) is 19.5. The number of aryl methyl sites for hydroxylation is 3. The van der Waals surface area contributed by atoms with Gasteiger partial charge in [0, 0.05) is 19.5 Å². The molecular weight excluding hydrogens is 418 g/mol. The molecule has 0 N–H and O–H groups in total. The number of ether oxygens (including phenoxy) is 2. The Morgan fingerprint density at radius 2 is 1.85 bits per heavy atom. The first-order valence-corrected chi connectivity index (χ1v) is 10.8. The SMILES string of the molecule is COc1cncc(-c2nn(C)c3nc(OCC(=O)C[C@@H](C)c4ccc(C)cc4)cc(C)c23)n1. The van der Waals surface area contributed by atoms with Crippen molar-refractivity contribution in [2.45, 2.75) is 33.1 Å². The third-order valence-electron chi connectivity index (χ3n) is 5.59. The highest BCUT2D eigenvalue weighted by molar-refractivity contribution is 5.93. The number of carbonyl (C=O) groups is 1. The van der Waals surface area contributed by atoms with Gasteiger partial charge in [0.25, 0.3) is 0 Å². The van der Waals surface area contributed by atoms with Gasteiger partial charge in [-0.15, -0.1) is 0 Å². The summed E-state index contributed by atoms with van der Waals surface area (Å²) in [5, 5.41) is 5.44. The smallest absolute Gasteiger partial charge is 0.232 e. The summed E-state index contributed by atoms with van der Waals surface area (Å²) >= 11 is 0. The molecule has 3 aromatic heterocycles. The minimum Gasteiger partial charge on any atom is -0.480 e. The van der Waals surface area contributed by atoms with Crippen molar-refractivity contribution in [2.75, 3.05) is 13.7 Å². The summed E-state index contributed by atoms with van der Waals surface area (Å²) in [6.07, 6.45) is 3.60. The van der Waals surface area contributed by atoms with Crippen molar-refractivity contribution in [3.8, 4) is 23.1 Å². The molecule has 0 aliphatic heterocycles. The number of carbonyl (C=O) groups excluding carboxylic acids is 1. The summed E-state index contributed by atoms with van der Waals surface area (Å²) in [4.78, 5) is 25.7. The predicted molar refractivity (Wildman–Crippen MR) is 126 cm³/mol. The molecule has 170 valence electrons. The quantitative estimate of drug-likeness (QED) is 0.401. The lowest BCUT2D eigenvalue weighted by atomic mass is 9.95. The lowest BCUT2D eigenvalue weighted by Crippen LogP contribution is -2.14. The molecule has 1 atom stereocenters. The summed E-state index contributed by atoms with van der Waals surface area (Å²) < 4.78 is 12.6. The Bertz CT molecular complexity index is 1300. The van der Waals surface area contributed by atoms with Crippen molar-refractivity contribution in [1.82, 2.24) is 24.7 Å². The summed E-state index contributed by atoms with van der Waals surface area (Å²) in [6, 6.07) is 10.1. The molecule has 1 aromatic carbocycles. The molecule has 0 amide bonds. The van der Waals surface area contributed by atoms with Gasteiger partial charge in [-0.05, 0) is 30.9 Å². The van der Waals surface area contributed by atoms with Crippen molar-refractivity contribution in [1.29, 1.82) is 0 Å². The van der Waals surface area contributed by atoms with Gasteiger partial charge in [-0.3, -0.25) is 9.78 Å². The van der Waals surface area contributed by atoms with E-state index in [-0.39, 0.29) is 18.3 Å². The van der Waals surface area contributed by atoms with Gasteiger partial charge < -0.3 is 9.47 Å². The third-order valence-corrected chi connectivity index (χ3v) is 5.59. The molecule has 4 rings (SSSR count). The third kappa shape index (κ3) is 4.84. The summed E-state index contributed by atoms with van der Waals surface area (Å²) in [5.41, 5.74) is 5.17. The average molecular weight is 446 g/mol. The number of pyridine rings is 1. The molecule has 8 heteroatoms. The molecule has 4 aromatic rings. The highest BCUT2D eigenvalue weighted by Gasteiger charge is 2.19. The van der Waals surface area contributed by atoms with E-state index in [9.17, 15) is 4.79 Å². The van der Waals surface area contributed by atoms with Crippen LogP contribution in [0.15, 0.2) is 42.7 Å². The molecule has 3 heterocycles. The molecule has 0 unspecified atom stereocenters. The fraction of sp³-hybridized carbons (Fsp3) is 0.320. The number of methoxy groups -OCH3 is 1. The highest BCUT2D eigenvalue weighted by Crippen LogP contribution is 2.30. The van der Waals surface area contributed by atoms with Gasteiger partial charge in [0.05, 0.1) is 24.9 Å². The highest BCUT2D eigenvalue weighted by atomic mass is 16.5. The maximum atomic E-state index is 12.5. The van der Waals surface area contributed by atoms with E-state index in [0.717, 1.165) is 16.5 Å². The number of fused-ring (bicyclic) bond motifs is 1. The van der Waals surface area contributed by atoms with E-state index >= 15 is 0 Å². The topological polar surface area (TPSA) is 92.0 Å². The minimum atomic E-state index is -0.0276. The maximum absolute atomic E-state index is 12.5. The van der Waals surface area contributed by atoms with E-state index < -0.39 is 0 Å². The monoisotopic (exact) mass is 445 g/mol.